The maximum absolute atomic E-state index is 12.4. The van der Waals surface area contributed by atoms with Gasteiger partial charge in [-0.1, -0.05) is 26.0 Å². The van der Waals surface area contributed by atoms with Crippen molar-refractivity contribution in [3.63, 3.8) is 0 Å². The van der Waals surface area contributed by atoms with Crippen molar-refractivity contribution in [1.82, 2.24) is 10.0 Å². The van der Waals surface area contributed by atoms with Gasteiger partial charge in [-0.15, -0.1) is 0 Å². The average Bonchev–Trinajstić information content (AvgIpc) is 3.15. The molecule has 0 aromatic heterocycles. The van der Waals surface area contributed by atoms with E-state index in [1.165, 1.54) is 0 Å². The molecule has 0 amide bonds. The van der Waals surface area contributed by atoms with E-state index >= 15 is 0 Å². The number of hydrogen-bond donors (Lipinski definition) is 2. The Morgan fingerprint density at radius 1 is 1.33 bits per heavy atom. The maximum Gasteiger partial charge on any atom is 0.240 e. The van der Waals surface area contributed by atoms with Gasteiger partial charge >= 0.3 is 0 Å². The van der Waals surface area contributed by atoms with Crippen LogP contribution >= 0.6 is 0 Å². The van der Waals surface area contributed by atoms with E-state index in [0.717, 1.165) is 30.5 Å². The highest BCUT2D eigenvalue weighted by Crippen LogP contribution is 2.37. The summed E-state index contributed by atoms with van der Waals surface area (Å²) in [6.07, 6.45) is 2.20. The van der Waals surface area contributed by atoms with Gasteiger partial charge in [0, 0.05) is 13.1 Å². The van der Waals surface area contributed by atoms with Gasteiger partial charge < -0.3 is 5.32 Å². The molecule has 0 bridgehead atoms. The number of hydrogen-bond acceptors (Lipinski definition) is 3. The monoisotopic (exact) mass is 310 g/mol. The normalized spacial score (nSPS) is 21.5. The molecule has 118 valence electrons. The molecule has 1 aliphatic carbocycles. The Hall–Kier alpha value is -0.910. The highest BCUT2D eigenvalue weighted by Gasteiger charge is 2.33. The molecule has 2 rings (SSSR count). The highest BCUT2D eigenvalue weighted by atomic mass is 32.2. The summed E-state index contributed by atoms with van der Waals surface area (Å²) in [4.78, 5) is 0.409. The minimum absolute atomic E-state index is 0.409. The Labute approximate surface area is 128 Å². The van der Waals surface area contributed by atoms with Crippen molar-refractivity contribution < 1.29 is 8.42 Å². The fraction of sp³-hybridized carbons (Fsp3) is 0.625. The zero-order valence-corrected chi connectivity index (χ0v) is 14.0. The van der Waals surface area contributed by atoms with Gasteiger partial charge in [-0.25, -0.2) is 13.1 Å². The average molecular weight is 310 g/mol. The van der Waals surface area contributed by atoms with E-state index in [4.69, 9.17) is 0 Å². The standard InChI is InChI=1S/C16H26N2O2S/c1-4-8-17-10-14-6-5-7-16(13(14)3)21(19,20)18-11-15-9-12(15)2/h5-7,12,15,17-18H,4,8-11H2,1-3H3. The van der Waals surface area contributed by atoms with Crippen LogP contribution in [0.2, 0.25) is 0 Å². The van der Waals surface area contributed by atoms with Crippen molar-refractivity contribution >= 4 is 10.0 Å². The summed E-state index contributed by atoms with van der Waals surface area (Å²) in [6.45, 7) is 8.36. The summed E-state index contributed by atoms with van der Waals surface area (Å²) in [6, 6.07) is 5.50. The molecule has 0 spiro atoms. The van der Waals surface area contributed by atoms with Crippen LogP contribution in [0, 0.1) is 18.8 Å². The first-order chi connectivity index (χ1) is 9.95. The smallest absolute Gasteiger partial charge is 0.240 e. The van der Waals surface area contributed by atoms with Crippen LogP contribution in [0.5, 0.6) is 0 Å². The van der Waals surface area contributed by atoms with Crippen molar-refractivity contribution in [2.24, 2.45) is 11.8 Å². The van der Waals surface area contributed by atoms with Crippen LogP contribution in [0.3, 0.4) is 0 Å². The molecule has 2 atom stereocenters. The Morgan fingerprint density at radius 2 is 2.05 bits per heavy atom. The second-order valence-electron chi connectivity index (χ2n) is 6.04. The third-order valence-electron chi connectivity index (χ3n) is 4.24. The van der Waals surface area contributed by atoms with Crippen LogP contribution in [0.15, 0.2) is 23.1 Å². The van der Waals surface area contributed by atoms with Crippen LogP contribution in [-0.2, 0) is 16.6 Å². The molecular weight excluding hydrogens is 284 g/mol. The lowest BCUT2D eigenvalue weighted by Crippen LogP contribution is -2.27. The number of benzene rings is 1. The zero-order chi connectivity index (χ0) is 15.5. The van der Waals surface area contributed by atoms with E-state index in [9.17, 15) is 8.42 Å². The van der Waals surface area contributed by atoms with E-state index in [2.05, 4.69) is 23.9 Å². The lowest BCUT2D eigenvalue weighted by atomic mass is 10.1. The SMILES string of the molecule is CCCNCc1cccc(S(=O)(=O)NCC2CC2C)c1C. The van der Waals surface area contributed by atoms with Crippen LogP contribution in [-0.4, -0.2) is 21.5 Å². The van der Waals surface area contributed by atoms with Gasteiger partial charge in [-0.05, 0) is 55.3 Å². The summed E-state index contributed by atoms with van der Waals surface area (Å²) in [5.74, 6) is 1.16. The first kappa shape index (κ1) is 16.5. The van der Waals surface area contributed by atoms with Crippen molar-refractivity contribution in [3.8, 4) is 0 Å². The lowest BCUT2D eigenvalue weighted by Gasteiger charge is -2.13. The summed E-state index contributed by atoms with van der Waals surface area (Å²) in [5, 5.41) is 3.32. The van der Waals surface area contributed by atoms with Gasteiger partial charge in [0.1, 0.15) is 0 Å². The fourth-order valence-corrected chi connectivity index (χ4v) is 3.90. The van der Waals surface area contributed by atoms with Crippen molar-refractivity contribution in [2.45, 2.75) is 45.1 Å². The Kier molecular flexibility index (Phi) is 5.41. The van der Waals surface area contributed by atoms with E-state index in [1.54, 1.807) is 6.07 Å². The van der Waals surface area contributed by atoms with Gasteiger partial charge in [-0.2, -0.15) is 0 Å². The quantitative estimate of drug-likeness (QED) is 0.725. The first-order valence-corrected chi connectivity index (χ1v) is 9.23. The maximum atomic E-state index is 12.4. The number of sulfonamides is 1. The molecule has 2 N–H and O–H groups in total. The van der Waals surface area contributed by atoms with Crippen molar-refractivity contribution in [1.29, 1.82) is 0 Å². The number of rotatable bonds is 8. The molecule has 1 aliphatic rings. The predicted molar refractivity (Wildman–Crippen MR) is 85.6 cm³/mol. The number of nitrogens with one attached hydrogen (secondary N) is 2. The molecule has 1 aromatic rings. The molecule has 4 nitrogen and oxygen atoms in total. The minimum Gasteiger partial charge on any atom is -0.313 e. The topological polar surface area (TPSA) is 58.2 Å². The van der Waals surface area contributed by atoms with Gasteiger partial charge in [0.15, 0.2) is 0 Å². The van der Waals surface area contributed by atoms with Crippen molar-refractivity contribution in [3.05, 3.63) is 29.3 Å². The van der Waals surface area contributed by atoms with E-state index < -0.39 is 10.0 Å². The van der Waals surface area contributed by atoms with Crippen LogP contribution in [0.25, 0.3) is 0 Å². The van der Waals surface area contributed by atoms with Crippen LogP contribution in [0.1, 0.15) is 37.8 Å². The fourth-order valence-electron chi connectivity index (χ4n) is 2.52. The molecule has 0 heterocycles. The predicted octanol–water partition coefficient (Wildman–Crippen LogP) is 2.43. The van der Waals surface area contributed by atoms with Gasteiger partial charge in [-0.3, -0.25) is 0 Å². The second-order valence-corrected chi connectivity index (χ2v) is 7.78. The summed E-state index contributed by atoms with van der Waals surface area (Å²) in [7, 11) is -3.40. The van der Waals surface area contributed by atoms with Crippen LogP contribution in [0.4, 0.5) is 0 Å². The van der Waals surface area contributed by atoms with E-state index in [1.807, 2.05) is 19.1 Å². The largest absolute Gasteiger partial charge is 0.313 e. The van der Waals surface area contributed by atoms with E-state index in [0.29, 0.717) is 29.8 Å². The van der Waals surface area contributed by atoms with Crippen molar-refractivity contribution in [2.75, 3.05) is 13.1 Å². The first-order valence-electron chi connectivity index (χ1n) is 7.74. The Balaban J connectivity index is 2.08. The highest BCUT2D eigenvalue weighted by molar-refractivity contribution is 7.89. The third kappa shape index (κ3) is 4.28. The summed E-state index contributed by atoms with van der Waals surface area (Å²) in [5.41, 5.74) is 1.89. The Bertz CT molecular complexity index is 584. The molecule has 2 unspecified atom stereocenters. The molecule has 1 saturated carbocycles. The molecule has 21 heavy (non-hydrogen) atoms. The molecular formula is C16H26N2O2S. The molecule has 1 fully saturated rings. The van der Waals surface area contributed by atoms with E-state index in [-0.39, 0.29) is 0 Å². The summed E-state index contributed by atoms with van der Waals surface area (Å²) < 4.78 is 27.6. The second kappa shape index (κ2) is 6.90. The summed E-state index contributed by atoms with van der Waals surface area (Å²) >= 11 is 0. The molecule has 1 aromatic carbocycles. The molecule has 0 radical (unpaired) electrons. The molecule has 0 saturated heterocycles. The minimum atomic E-state index is -3.40. The van der Waals surface area contributed by atoms with Gasteiger partial charge in [0.25, 0.3) is 0 Å². The van der Waals surface area contributed by atoms with Crippen LogP contribution < -0.4 is 10.0 Å². The molecule has 0 aliphatic heterocycles. The lowest BCUT2D eigenvalue weighted by molar-refractivity contribution is 0.573. The third-order valence-corrected chi connectivity index (χ3v) is 5.81. The van der Waals surface area contributed by atoms with Gasteiger partial charge in [0.05, 0.1) is 4.90 Å². The van der Waals surface area contributed by atoms with Gasteiger partial charge in [0.2, 0.25) is 10.0 Å². The zero-order valence-electron chi connectivity index (χ0n) is 13.1. The Morgan fingerprint density at radius 3 is 2.67 bits per heavy atom. The molecule has 5 heteroatoms.